The maximum atomic E-state index is 16.3. The van der Waals surface area contributed by atoms with Gasteiger partial charge in [-0.25, -0.2) is 19.2 Å². The lowest BCUT2D eigenvalue weighted by atomic mass is 9.94. The van der Waals surface area contributed by atoms with Crippen molar-refractivity contribution in [1.29, 1.82) is 5.26 Å². The summed E-state index contributed by atoms with van der Waals surface area (Å²) in [7, 11) is 0. The fourth-order valence-electron chi connectivity index (χ4n) is 4.19. The van der Waals surface area contributed by atoms with Crippen LogP contribution in [-0.4, -0.2) is 32.4 Å². The number of rotatable bonds is 4. The Morgan fingerprint density at radius 1 is 1.32 bits per heavy atom. The number of anilines is 1. The smallest absolute Gasteiger partial charge is 0.412 e. The Kier molecular flexibility index (Phi) is 6.70. The fourth-order valence-corrected chi connectivity index (χ4v) is 6.03. The first-order valence-electron chi connectivity index (χ1n) is 11.3. The Morgan fingerprint density at radius 3 is 2.78 bits per heavy atom. The van der Waals surface area contributed by atoms with Gasteiger partial charge in [0.15, 0.2) is 11.0 Å². The maximum Gasteiger partial charge on any atom is 0.412 e. The lowest BCUT2D eigenvalue weighted by molar-refractivity contribution is 0.0636. The quantitative estimate of drug-likeness (QED) is 0.210. The third-order valence-corrected chi connectivity index (χ3v) is 7.86. The molecule has 1 amide bonds. The van der Waals surface area contributed by atoms with Gasteiger partial charge < -0.3 is 9.47 Å². The van der Waals surface area contributed by atoms with E-state index in [-0.39, 0.29) is 45.6 Å². The number of halogens is 2. The number of carbonyl (C=O) groups excluding carboxylic acids is 1. The number of ether oxygens (including phenoxy) is 2. The van der Waals surface area contributed by atoms with Gasteiger partial charge in [0.05, 0.1) is 34.2 Å². The van der Waals surface area contributed by atoms with Crippen molar-refractivity contribution >= 4 is 66.8 Å². The van der Waals surface area contributed by atoms with Crippen LogP contribution in [0.5, 0.6) is 0 Å². The summed E-state index contributed by atoms with van der Waals surface area (Å²) in [5.74, 6) is 0.161. The molecule has 1 aliphatic rings. The minimum atomic E-state index is -0.733. The molecule has 5 rings (SSSR count). The number of thiophene rings is 1. The van der Waals surface area contributed by atoms with Gasteiger partial charge in [-0.05, 0) is 37.7 Å². The molecule has 12 heteroatoms. The number of nitriles is 1. The number of thioether (sulfide) groups is 1. The molecule has 0 unspecified atom stereocenters. The fraction of sp³-hybridized carbons (Fsp3) is 0.320. The van der Waals surface area contributed by atoms with Gasteiger partial charge in [0, 0.05) is 28.7 Å². The second kappa shape index (κ2) is 9.68. The Bertz CT molecular complexity index is 1630. The number of fused-ring (bicyclic) bond motifs is 4. The number of nitrogens with one attached hydrogen (secondary N) is 1. The molecule has 0 fully saturated rings. The first-order valence-corrected chi connectivity index (χ1v) is 13.5. The van der Waals surface area contributed by atoms with Crippen LogP contribution in [-0.2, 0) is 22.7 Å². The Balaban J connectivity index is 1.77. The average molecular weight is 558 g/mol. The van der Waals surface area contributed by atoms with Crippen molar-refractivity contribution in [2.45, 2.75) is 51.7 Å². The summed E-state index contributed by atoms with van der Waals surface area (Å²) in [4.78, 5) is 25.8. The summed E-state index contributed by atoms with van der Waals surface area (Å²) in [6.45, 7) is 7.62. The number of nitrogens with zero attached hydrogens (tertiary/aromatic N) is 4. The van der Waals surface area contributed by atoms with Crippen molar-refractivity contribution in [1.82, 2.24) is 15.0 Å². The molecule has 4 heterocycles. The molecule has 4 aromatic rings. The Morgan fingerprint density at radius 2 is 2.08 bits per heavy atom. The van der Waals surface area contributed by atoms with Crippen molar-refractivity contribution in [2.75, 3.05) is 11.1 Å². The summed E-state index contributed by atoms with van der Waals surface area (Å²) in [6.07, 6.45) is 2.32. The zero-order valence-corrected chi connectivity index (χ0v) is 22.8. The Labute approximate surface area is 225 Å². The number of aromatic nitrogens is 3. The SMILES string of the molecule is CCSc1ncc2c3c(c(-c4ncc(Cl)c5sc(NC(=O)OC(C)(C)C)c(C#N)c45)c(F)c2n1)COC3. The highest BCUT2D eigenvalue weighted by molar-refractivity contribution is 7.99. The van der Waals surface area contributed by atoms with E-state index in [1.165, 1.54) is 18.0 Å². The monoisotopic (exact) mass is 557 g/mol. The van der Waals surface area contributed by atoms with Gasteiger partial charge >= 0.3 is 6.09 Å². The van der Waals surface area contributed by atoms with E-state index < -0.39 is 17.5 Å². The van der Waals surface area contributed by atoms with Crippen LogP contribution in [0.3, 0.4) is 0 Å². The molecule has 0 spiro atoms. The van der Waals surface area contributed by atoms with Gasteiger partial charge in [-0.2, -0.15) is 5.26 Å². The largest absolute Gasteiger partial charge is 0.444 e. The van der Waals surface area contributed by atoms with Crippen LogP contribution < -0.4 is 5.32 Å². The standard InChI is InChI=1S/C25H21ClFN5O3S2/c1-5-36-23-30-7-12-13-9-34-10-14(13)16(18(27)19(12)31-23)20-17-11(6-28)22(32-24(33)35-25(2,3)4)37-21(17)15(26)8-29-20/h7-8H,5,9-10H2,1-4H3,(H,32,33). The molecule has 8 nitrogen and oxygen atoms in total. The third-order valence-electron chi connectivity index (χ3n) is 5.58. The van der Waals surface area contributed by atoms with E-state index >= 15 is 4.39 Å². The highest BCUT2D eigenvalue weighted by Crippen LogP contribution is 2.47. The third kappa shape index (κ3) is 4.59. The highest BCUT2D eigenvalue weighted by atomic mass is 35.5. The number of hydrogen-bond donors (Lipinski definition) is 1. The van der Waals surface area contributed by atoms with Crippen LogP contribution >= 0.6 is 34.7 Å². The number of benzene rings is 1. The minimum Gasteiger partial charge on any atom is -0.444 e. The van der Waals surface area contributed by atoms with Crippen molar-refractivity contribution in [3.8, 4) is 17.3 Å². The molecular weight excluding hydrogens is 537 g/mol. The number of carbonyl (C=O) groups is 1. The molecule has 0 atom stereocenters. The maximum absolute atomic E-state index is 16.3. The van der Waals surface area contributed by atoms with E-state index in [1.54, 1.807) is 27.0 Å². The van der Waals surface area contributed by atoms with Crippen LogP contribution in [0.1, 0.15) is 44.4 Å². The van der Waals surface area contributed by atoms with Crippen molar-refractivity contribution in [3.05, 3.63) is 39.9 Å². The summed E-state index contributed by atoms with van der Waals surface area (Å²) in [5, 5.41) is 14.6. The van der Waals surface area contributed by atoms with Crippen LogP contribution in [0.2, 0.25) is 5.02 Å². The predicted octanol–water partition coefficient (Wildman–Crippen LogP) is 7.06. The van der Waals surface area contributed by atoms with E-state index in [1.807, 2.05) is 6.92 Å². The zero-order valence-electron chi connectivity index (χ0n) is 20.4. The lowest BCUT2D eigenvalue weighted by Crippen LogP contribution is -2.27. The van der Waals surface area contributed by atoms with E-state index in [9.17, 15) is 10.1 Å². The zero-order chi connectivity index (χ0) is 26.5. The van der Waals surface area contributed by atoms with Gasteiger partial charge in [-0.15, -0.1) is 11.3 Å². The van der Waals surface area contributed by atoms with E-state index in [4.69, 9.17) is 21.1 Å². The topological polar surface area (TPSA) is 110 Å². The minimum absolute atomic E-state index is 0.118. The summed E-state index contributed by atoms with van der Waals surface area (Å²) in [5.41, 5.74) is 1.38. The second-order valence-electron chi connectivity index (χ2n) is 9.19. The predicted molar refractivity (Wildman–Crippen MR) is 143 cm³/mol. The van der Waals surface area contributed by atoms with Crippen LogP contribution in [0.25, 0.3) is 32.2 Å². The number of hydrogen-bond acceptors (Lipinski definition) is 9. The molecule has 190 valence electrons. The van der Waals surface area contributed by atoms with E-state index in [0.717, 1.165) is 22.7 Å². The molecule has 0 aliphatic carbocycles. The first kappa shape index (κ1) is 25.6. The van der Waals surface area contributed by atoms with Crippen LogP contribution in [0.4, 0.5) is 14.2 Å². The summed E-state index contributed by atoms with van der Waals surface area (Å²) in [6, 6.07) is 2.13. The molecule has 1 N–H and O–H groups in total. The lowest BCUT2D eigenvalue weighted by Gasteiger charge is -2.19. The van der Waals surface area contributed by atoms with Crippen LogP contribution in [0.15, 0.2) is 17.6 Å². The van der Waals surface area contributed by atoms with Crippen molar-refractivity contribution < 1.29 is 18.7 Å². The molecule has 0 saturated carbocycles. The normalized spacial score (nSPS) is 13.1. The average Bonchev–Trinajstić information content (AvgIpc) is 3.45. The van der Waals surface area contributed by atoms with Gasteiger partial charge in [0.25, 0.3) is 0 Å². The first-order chi connectivity index (χ1) is 17.6. The molecule has 0 bridgehead atoms. The highest BCUT2D eigenvalue weighted by Gasteiger charge is 2.30. The summed E-state index contributed by atoms with van der Waals surface area (Å²) >= 11 is 8.97. The molecule has 0 saturated heterocycles. The van der Waals surface area contributed by atoms with E-state index in [2.05, 4.69) is 26.3 Å². The second-order valence-corrected chi connectivity index (χ2v) is 11.8. The van der Waals surface area contributed by atoms with Crippen molar-refractivity contribution in [3.63, 3.8) is 0 Å². The van der Waals surface area contributed by atoms with Gasteiger partial charge in [0.2, 0.25) is 0 Å². The van der Waals surface area contributed by atoms with Crippen molar-refractivity contribution in [2.24, 2.45) is 0 Å². The van der Waals surface area contributed by atoms with E-state index in [0.29, 0.717) is 26.2 Å². The van der Waals surface area contributed by atoms with Crippen LogP contribution in [0, 0.1) is 17.1 Å². The molecule has 0 radical (unpaired) electrons. The molecular formula is C25H21ClFN5O3S2. The molecule has 1 aliphatic heterocycles. The van der Waals surface area contributed by atoms with Gasteiger partial charge in [0.1, 0.15) is 22.2 Å². The molecule has 3 aromatic heterocycles. The van der Waals surface area contributed by atoms with Gasteiger partial charge in [-0.1, -0.05) is 30.3 Å². The summed E-state index contributed by atoms with van der Waals surface area (Å²) < 4.78 is 27.8. The van der Waals surface area contributed by atoms with Gasteiger partial charge in [-0.3, -0.25) is 10.3 Å². The number of amides is 1. The molecule has 37 heavy (non-hydrogen) atoms. The Hall–Kier alpha value is -3.04. The number of pyridine rings is 1. The molecule has 1 aromatic carbocycles.